The first-order chi connectivity index (χ1) is 15.9. The van der Waals surface area contributed by atoms with E-state index < -0.39 is 11.7 Å². The first kappa shape index (κ1) is 22.2. The van der Waals surface area contributed by atoms with Gasteiger partial charge < -0.3 is 9.88 Å². The van der Waals surface area contributed by atoms with Crippen LogP contribution in [0.3, 0.4) is 0 Å². The van der Waals surface area contributed by atoms with Gasteiger partial charge in [0.25, 0.3) is 11.5 Å². The number of benzene rings is 3. The summed E-state index contributed by atoms with van der Waals surface area (Å²) in [5.41, 5.74) is 5.91. The molecule has 0 fully saturated rings. The lowest BCUT2D eigenvalue weighted by Gasteiger charge is -2.25. The number of aryl methyl sites for hydroxylation is 1. The Bertz CT molecular complexity index is 1400. The van der Waals surface area contributed by atoms with Crippen LogP contribution < -0.4 is 21.7 Å². The van der Waals surface area contributed by atoms with Crippen molar-refractivity contribution in [2.24, 2.45) is 5.84 Å². The fraction of sp³-hybridized carbons (Fsp3) is 0.160. The Balaban J connectivity index is 1.74. The predicted octanol–water partition coefficient (Wildman–Crippen LogP) is 3.67. The van der Waals surface area contributed by atoms with Gasteiger partial charge in [-0.1, -0.05) is 18.2 Å². The van der Waals surface area contributed by atoms with Crippen LogP contribution in [0.15, 0.2) is 65.5 Å². The van der Waals surface area contributed by atoms with Crippen molar-refractivity contribution in [2.45, 2.75) is 20.4 Å². The quantitative estimate of drug-likeness (QED) is 0.239. The molecule has 0 unspecified atom stereocenters. The number of nitrogen functional groups attached to an aromatic ring is 1. The molecule has 0 bridgehead atoms. The molecular weight excluding hydrogens is 421 g/mol. The van der Waals surface area contributed by atoms with Crippen LogP contribution in [-0.4, -0.2) is 22.4 Å². The number of aromatic nitrogens is 2. The van der Waals surface area contributed by atoms with Gasteiger partial charge in [0.1, 0.15) is 11.6 Å². The van der Waals surface area contributed by atoms with Crippen LogP contribution in [0, 0.1) is 12.7 Å². The van der Waals surface area contributed by atoms with Gasteiger partial charge in [-0.05, 0) is 73.0 Å². The lowest BCUT2D eigenvalue weighted by Crippen LogP contribution is -2.30. The summed E-state index contributed by atoms with van der Waals surface area (Å²) < 4.78 is 13.9. The first-order valence-corrected chi connectivity index (χ1v) is 10.5. The monoisotopic (exact) mass is 445 g/mol. The van der Waals surface area contributed by atoms with Crippen LogP contribution in [0.4, 0.5) is 10.1 Å². The van der Waals surface area contributed by atoms with Crippen molar-refractivity contribution >= 4 is 22.5 Å². The molecule has 1 amide bonds. The molecule has 0 radical (unpaired) electrons. The van der Waals surface area contributed by atoms with Gasteiger partial charge in [-0.25, -0.2) is 15.2 Å². The van der Waals surface area contributed by atoms with E-state index in [0.29, 0.717) is 46.5 Å². The number of carbonyl (C=O) groups excluding carboxylic acids is 1. The first-order valence-electron chi connectivity index (χ1n) is 10.5. The highest BCUT2D eigenvalue weighted by Gasteiger charge is 2.16. The van der Waals surface area contributed by atoms with E-state index in [1.54, 1.807) is 25.1 Å². The normalized spacial score (nSPS) is 10.9. The summed E-state index contributed by atoms with van der Waals surface area (Å²) in [4.78, 5) is 33.9. The van der Waals surface area contributed by atoms with Crippen molar-refractivity contribution in [1.29, 1.82) is 0 Å². The van der Waals surface area contributed by atoms with Gasteiger partial charge in [-0.3, -0.25) is 15.0 Å². The number of carbonyl (C=O) groups is 1. The zero-order valence-electron chi connectivity index (χ0n) is 18.4. The highest BCUT2D eigenvalue weighted by molar-refractivity contribution is 6.01. The minimum atomic E-state index is -0.458. The van der Waals surface area contributed by atoms with Crippen LogP contribution in [-0.2, 0) is 6.54 Å². The zero-order valence-corrected chi connectivity index (χ0v) is 18.4. The Labute approximate surface area is 190 Å². The predicted molar refractivity (Wildman–Crippen MR) is 127 cm³/mol. The summed E-state index contributed by atoms with van der Waals surface area (Å²) in [6.45, 7) is 4.97. The van der Waals surface area contributed by atoms with E-state index in [0.717, 1.165) is 11.3 Å². The highest BCUT2D eigenvalue weighted by Crippen LogP contribution is 2.30. The highest BCUT2D eigenvalue weighted by atomic mass is 19.1. The number of anilines is 1. The van der Waals surface area contributed by atoms with Gasteiger partial charge in [0.05, 0.1) is 10.9 Å². The summed E-state index contributed by atoms with van der Waals surface area (Å²) in [5.74, 6) is 5.08. The van der Waals surface area contributed by atoms with Crippen molar-refractivity contribution in [3.05, 3.63) is 93.8 Å². The van der Waals surface area contributed by atoms with Crippen LogP contribution in [0.25, 0.3) is 22.0 Å². The summed E-state index contributed by atoms with van der Waals surface area (Å²) in [7, 11) is 0. The van der Waals surface area contributed by atoms with Gasteiger partial charge in [-0.15, -0.1) is 0 Å². The molecule has 0 saturated heterocycles. The molecule has 3 aromatic carbocycles. The molecule has 0 saturated carbocycles. The van der Waals surface area contributed by atoms with E-state index in [1.165, 1.54) is 12.1 Å². The number of H-pyrrole nitrogens is 1. The summed E-state index contributed by atoms with van der Waals surface area (Å²) >= 11 is 0. The molecule has 4 aromatic rings. The van der Waals surface area contributed by atoms with Crippen LogP contribution >= 0.6 is 0 Å². The molecule has 1 heterocycles. The molecular formula is C25H24FN5O2. The van der Waals surface area contributed by atoms with E-state index in [2.05, 4.69) is 20.3 Å². The van der Waals surface area contributed by atoms with Crippen molar-refractivity contribution in [3.63, 3.8) is 0 Å². The molecule has 0 aliphatic heterocycles. The molecule has 0 spiro atoms. The summed E-state index contributed by atoms with van der Waals surface area (Å²) in [6, 6.07) is 17.1. The number of amides is 1. The third kappa shape index (κ3) is 4.61. The topological polar surface area (TPSA) is 104 Å². The molecule has 33 heavy (non-hydrogen) atoms. The average Bonchev–Trinajstić information content (AvgIpc) is 2.82. The van der Waals surface area contributed by atoms with Crippen LogP contribution in [0.5, 0.6) is 0 Å². The fourth-order valence-corrected chi connectivity index (χ4v) is 3.91. The van der Waals surface area contributed by atoms with Gasteiger partial charge in [-0.2, -0.15) is 0 Å². The number of aromatic amines is 1. The standard InChI is InChI=1S/C25H24FN5O2/c1-3-31(14-16-7-10-23-22(11-16)24(32)29-15(2)28-23)19-8-9-20(25(33)30-27)21(13-19)17-5-4-6-18(26)12-17/h4-13H,3,14,27H2,1-2H3,(H,30,33)(H,28,29,32). The van der Waals surface area contributed by atoms with E-state index in [9.17, 15) is 14.0 Å². The molecule has 168 valence electrons. The van der Waals surface area contributed by atoms with Crippen molar-refractivity contribution in [3.8, 4) is 11.1 Å². The largest absolute Gasteiger partial charge is 0.367 e. The van der Waals surface area contributed by atoms with Crippen LogP contribution in [0.1, 0.15) is 28.7 Å². The lowest BCUT2D eigenvalue weighted by molar-refractivity contribution is 0.0954. The van der Waals surface area contributed by atoms with Gasteiger partial charge in [0.2, 0.25) is 0 Å². The number of nitrogens with one attached hydrogen (secondary N) is 2. The van der Waals surface area contributed by atoms with E-state index >= 15 is 0 Å². The van der Waals surface area contributed by atoms with Crippen LogP contribution in [0.2, 0.25) is 0 Å². The Morgan fingerprint density at radius 1 is 1.15 bits per heavy atom. The average molecular weight is 445 g/mol. The number of rotatable bonds is 6. The van der Waals surface area contributed by atoms with Crippen molar-refractivity contribution in [2.75, 3.05) is 11.4 Å². The minimum Gasteiger partial charge on any atom is -0.367 e. The van der Waals surface area contributed by atoms with Gasteiger partial charge in [0.15, 0.2) is 0 Å². The maximum absolute atomic E-state index is 13.9. The number of fused-ring (bicyclic) bond motifs is 1. The second kappa shape index (κ2) is 9.22. The molecule has 0 aliphatic rings. The fourth-order valence-electron chi connectivity index (χ4n) is 3.91. The number of hydrazine groups is 1. The zero-order chi connectivity index (χ0) is 23.5. The molecule has 0 atom stereocenters. The Morgan fingerprint density at radius 3 is 2.70 bits per heavy atom. The third-order valence-electron chi connectivity index (χ3n) is 5.52. The summed E-state index contributed by atoms with van der Waals surface area (Å²) in [5, 5.41) is 0.532. The molecule has 4 rings (SSSR count). The molecule has 1 aromatic heterocycles. The molecule has 0 aliphatic carbocycles. The van der Waals surface area contributed by atoms with Crippen molar-refractivity contribution < 1.29 is 9.18 Å². The second-order valence-corrected chi connectivity index (χ2v) is 7.73. The molecule has 7 nitrogen and oxygen atoms in total. The maximum Gasteiger partial charge on any atom is 0.265 e. The Hall–Kier alpha value is -4.04. The smallest absolute Gasteiger partial charge is 0.265 e. The van der Waals surface area contributed by atoms with Crippen molar-refractivity contribution in [1.82, 2.24) is 15.4 Å². The lowest BCUT2D eigenvalue weighted by atomic mass is 9.97. The number of halogens is 1. The SMILES string of the molecule is CCN(Cc1ccc2nc(C)[nH]c(=O)c2c1)c1ccc(C(=O)NN)c(-c2cccc(F)c2)c1. The maximum atomic E-state index is 13.9. The molecule has 4 N–H and O–H groups in total. The van der Waals surface area contributed by atoms with E-state index in [1.807, 2.05) is 37.3 Å². The number of nitrogens with zero attached hydrogens (tertiary/aromatic N) is 2. The Kier molecular flexibility index (Phi) is 6.19. The Morgan fingerprint density at radius 2 is 1.97 bits per heavy atom. The minimum absolute atomic E-state index is 0.173. The summed E-state index contributed by atoms with van der Waals surface area (Å²) in [6.07, 6.45) is 0. The number of nitrogens with two attached hydrogens (primary N) is 1. The van der Waals surface area contributed by atoms with E-state index in [4.69, 9.17) is 5.84 Å². The van der Waals surface area contributed by atoms with Gasteiger partial charge in [0, 0.05) is 24.3 Å². The van der Waals surface area contributed by atoms with Gasteiger partial charge >= 0.3 is 0 Å². The molecule has 8 heteroatoms. The second-order valence-electron chi connectivity index (χ2n) is 7.73. The number of hydrogen-bond acceptors (Lipinski definition) is 5. The van der Waals surface area contributed by atoms with E-state index in [-0.39, 0.29) is 5.56 Å². The third-order valence-corrected chi connectivity index (χ3v) is 5.52. The number of hydrogen-bond donors (Lipinski definition) is 3.